The average Bonchev–Trinajstić information content (AvgIpc) is 3.43. The quantitative estimate of drug-likeness (QED) is 0.346. The second-order valence-electron chi connectivity index (χ2n) is 9.78. The minimum absolute atomic E-state index is 0.0242. The minimum atomic E-state index is -3.71. The van der Waals surface area contributed by atoms with Crippen LogP contribution in [0.15, 0.2) is 41.3 Å². The van der Waals surface area contributed by atoms with Crippen LogP contribution in [0.3, 0.4) is 0 Å². The molecule has 1 saturated heterocycles. The molecule has 0 spiro atoms. The zero-order chi connectivity index (χ0) is 27.9. The number of sulfonamides is 1. The molecule has 10 nitrogen and oxygen atoms in total. The molecule has 0 aromatic heterocycles. The van der Waals surface area contributed by atoms with Gasteiger partial charge in [0.2, 0.25) is 21.7 Å². The van der Waals surface area contributed by atoms with Gasteiger partial charge in [-0.2, -0.15) is 0 Å². The summed E-state index contributed by atoms with van der Waals surface area (Å²) >= 11 is 0. The molecule has 2 unspecified atom stereocenters. The topological polar surface area (TPSA) is 124 Å². The summed E-state index contributed by atoms with van der Waals surface area (Å²) in [5.41, 5.74) is 0.561. The van der Waals surface area contributed by atoms with Gasteiger partial charge in [-0.05, 0) is 75.1 Å². The third-order valence-electron chi connectivity index (χ3n) is 6.58. The molecule has 3 rings (SSSR count). The standard InChI is InChI=1S/C27H39N3O7S/c1-7-27(2,3)30-38(32,33)21-12-10-19(11-13-21)29-24(26(31)28-17-20-9-8-14-37-20)18-15-22(34-4)25(36-6)23(16-18)35-5/h10-13,15-16,20,24,29-30H,7-9,14,17H2,1-6H3,(H,28,31). The van der Waals surface area contributed by atoms with Crippen LogP contribution in [0.25, 0.3) is 0 Å². The van der Waals surface area contributed by atoms with Crippen molar-refractivity contribution in [3.8, 4) is 17.2 Å². The van der Waals surface area contributed by atoms with E-state index in [0.717, 1.165) is 12.8 Å². The average molecular weight is 550 g/mol. The Kier molecular flexibility index (Phi) is 9.86. The van der Waals surface area contributed by atoms with Gasteiger partial charge in [-0.15, -0.1) is 0 Å². The van der Waals surface area contributed by atoms with Crippen molar-refractivity contribution in [1.82, 2.24) is 10.0 Å². The molecule has 1 aliphatic heterocycles. The molecule has 38 heavy (non-hydrogen) atoms. The second-order valence-corrected chi connectivity index (χ2v) is 11.5. The molecular weight excluding hydrogens is 510 g/mol. The summed E-state index contributed by atoms with van der Waals surface area (Å²) in [6.07, 6.45) is 2.48. The summed E-state index contributed by atoms with van der Waals surface area (Å²) in [6, 6.07) is 8.85. The SMILES string of the molecule is CCC(C)(C)NS(=O)(=O)c1ccc(NC(C(=O)NCC2CCCO2)c2cc(OC)c(OC)c(OC)c2)cc1. The van der Waals surface area contributed by atoms with Crippen LogP contribution in [0.4, 0.5) is 5.69 Å². The number of methoxy groups -OCH3 is 3. The van der Waals surface area contributed by atoms with Gasteiger partial charge in [-0.1, -0.05) is 6.92 Å². The van der Waals surface area contributed by atoms with E-state index >= 15 is 0 Å². The van der Waals surface area contributed by atoms with E-state index in [1.807, 2.05) is 20.8 Å². The van der Waals surface area contributed by atoms with E-state index in [4.69, 9.17) is 18.9 Å². The monoisotopic (exact) mass is 549 g/mol. The summed E-state index contributed by atoms with van der Waals surface area (Å²) < 4.78 is 50.4. The van der Waals surface area contributed by atoms with Crippen molar-refractivity contribution in [3.05, 3.63) is 42.0 Å². The van der Waals surface area contributed by atoms with Crippen molar-refractivity contribution in [2.45, 2.75) is 62.6 Å². The van der Waals surface area contributed by atoms with Gasteiger partial charge < -0.3 is 29.6 Å². The highest BCUT2D eigenvalue weighted by molar-refractivity contribution is 7.89. The first-order valence-electron chi connectivity index (χ1n) is 12.6. The third-order valence-corrected chi connectivity index (χ3v) is 8.29. The molecule has 1 fully saturated rings. The normalized spacial score (nSPS) is 16.5. The van der Waals surface area contributed by atoms with Crippen LogP contribution in [-0.4, -0.2) is 60.4 Å². The molecule has 2 aromatic rings. The van der Waals surface area contributed by atoms with Gasteiger partial charge in [-0.3, -0.25) is 4.79 Å². The fourth-order valence-electron chi connectivity index (χ4n) is 4.08. The Hall–Kier alpha value is -3.02. The maximum Gasteiger partial charge on any atom is 0.247 e. The number of benzene rings is 2. The van der Waals surface area contributed by atoms with Gasteiger partial charge in [0.25, 0.3) is 0 Å². The summed E-state index contributed by atoms with van der Waals surface area (Å²) in [5, 5.41) is 6.20. The molecule has 1 heterocycles. The number of amides is 1. The Morgan fingerprint density at radius 3 is 2.21 bits per heavy atom. The van der Waals surface area contributed by atoms with E-state index in [9.17, 15) is 13.2 Å². The predicted molar refractivity (Wildman–Crippen MR) is 146 cm³/mol. The summed E-state index contributed by atoms with van der Waals surface area (Å²) in [5.74, 6) is 0.949. The third kappa shape index (κ3) is 7.30. The van der Waals surface area contributed by atoms with Crippen molar-refractivity contribution in [3.63, 3.8) is 0 Å². The number of rotatable bonds is 13. The van der Waals surface area contributed by atoms with Crippen LogP contribution < -0.4 is 29.6 Å². The van der Waals surface area contributed by atoms with E-state index in [1.165, 1.54) is 33.5 Å². The Balaban J connectivity index is 1.91. The Bertz CT molecular complexity index is 1170. The highest BCUT2D eigenvalue weighted by Gasteiger charge is 2.27. The molecule has 1 aliphatic rings. The molecule has 0 radical (unpaired) electrons. The fourth-order valence-corrected chi connectivity index (χ4v) is 5.57. The molecule has 1 amide bonds. The Morgan fingerprint density at radius 2 is 1.71 bits per heavy atom. The highest BCUT2D eigenvalue weighted by atomic mass is 32.2. The van der Waals surface area contributed by atoms with Crippen LogP contribution in [0.1, 0.15) is 51.6 Å². The van der Waals surface area contributed by atoms with Gasteiger partial charge in [0.15, 0.2) is 11.5 Å². The van der Waals surface area contributed by atoms with E-state index in [-0.39, 0.29) is 16.9 Å². The lowest BCUT2D eigenvalue weighted by atomic mass is 10.0. The van der Waals surface area contributed by atoms with Gasteiger partial charge in [0.1, 0.15) is 6.04 Å². The first kappa shape index (κ1) is 29.5. The van der Waals surface area contributed by atoms with Crippen molar-refractivity contribution in [1.29, 1.82) is 0 Å². The van der Waals surface area contributed by atoms with Crippen molar-refractivity contribution < 1.29 is 32.2 Å². The van der Waals surface area contributed by atoms with Crippen LogP contribution in [0, 0.1) is 0 Å². The van der Waals surface area contributed by atoms with Crippen LogP contribution in [0.2, 0.25) is 0 Å². The van der Waals surface area contributed by atoms with Crippen LogP contribution in [-0.2, 0) is 19.6 Å². The van der Waals surface area contributed by atoms with Gasteiger partial charge in [-0.25, -0.2) is 13.1 Å². The number of anilines is 1. The number of hydrogen-bond acceptors (Lipinski definition) is 8. The number of ether oxygens (including phenoxy) is 4. The first-order valence-corrected chi connectivity index (χ1v) is 14.1. The van der Waals surface area contributed by atoms with E-state index in [0.29, 0.717) is 48.1 Å². The largest absolute Gasteiger partial charge is 0.493 e. The molecule has 210 valence electrons. The molecule has 2 aromatic carbocycles. The molecule has 2 atom stereocenters. The maximum atomic E-state index is 13.4. The molecular formula is C27H39N3O7S. The highest BCUT2D eigenvalue weighted by Crippen LogP contribution is 2.40. The molecule has 0 saturated carbocycles. The van der Waals surface area contributed by atoms with Crippen LogP contribution in [0.5, 0.6) is 17.2 Å². The zero-order valence-electron chi connectivity index (χ0n) is 22.9. The molecule has 3 N–H and O–H groups in total. The second kappa shape index (κ2) is 12.7. The summed E-state index contributed by atoms with van der Waals surface area (Å²) in [4.78, 5) is 13.6. The first-order chi connectivity index (χ1) is 18.0. The van der Waals surface area contributed by atoms with Gasteiger partial charge in [0.05, 0.1) is 32.3 Å². The van der Waals surface area contributed by atoms with Gasteiger partial charge in [0, 0.05) is 24.4 Å². The lowest BCUT2D eigenvalue weighted by Gasteiger charge is -2.24. The number of nitrogens with one attached hydrogen (secondary N) is 3. The lowest BCUT2D eigenvalue weighted by molar-refractivity contribution is -0.122. The lowest BCUT2D eigenvalue weighted by Crippen LogP contribution is -2.42. The van der Waals surface area contributed by atoms with Crippen molar-refractivity contribution >= 4 is 21.6 Å². The fraction of sp³-hybridized carbons (Fsp3) is 0.519. The van der Waals surface area contributed by atoms with E-state index in [2.05, 4.69) is 15.4 Å². The van der Waals surface area contributed by atoms with E-state index < -0.39 is 21.6 Å². The smallest absolute Gasteiger partial charge is 0.247 e. The van der Waals surface area contributed by atoms with E-state index in [1.54, 1.807) is 24.3 Å². The number of hydrogen-bond donors (Lipinski definition) is 3. The molecule has 0 aliphatic carbocycles. The Morgan fingerprint density at radius 1 is 1.08 bits per heavy atom. The summed E-state index contributed by atoms with van der Waals surface area (Å²) in [7, 11) is 0.821. The van der Waals surface area contributed by atoms with Crippen molar-refractivity contribution in [2.75, 3.05) is 39.8 Å². The van der Waals surface area contributed by atoms with Crippen molar-refractivity contribution in [2.24, 2.45) is 0 Å². The molecule has 0 bridgehead atoms. The maximum absolute atomic E-state index is 13.4. The van der Waals surface area contributed by atoms with Gasteiger partial charge >= 0.3 is 0 Å². The number of carbonyl (C=O) groups is 1. The predicted octanol–water partition coefficient (Wildman–Crippen LogP) is 3.63. The Labute approximate surface area is 225 Å². The number of carbonyl (C=O) groups excluding carboxylic acids is 1. The molecule has 11 heteroatoms. The summed E-state index contributed by atoms with van der Waals surface area (Å²) in [6.45, 7) is 6.66. The zero-order valence-corrected chi connectivity index (χ0v) is 23.7. The van der Waals surface area contributed by atoms with Crippen LogP contribution >= 0.6 is 0 Å². The minimum Gasteiger partial charge on any atom is -0.493 e.